The van der Waals surface area contributed by atoms with E-state index < -0.39 is 0 Å². The van der Waals surface area contributed by atoms with E-state index in [4.69, 9.17) is 10.5 Å². The van der Waals surface area contributed by atoms with Crippen molar-refractivity contribution in [3.8, 4) is 5.75 Å². The lowest BCUT2D eigenvalue weighted by Gasteiger charge is -2.24. The van der Waals surface area contributed by atoms with Crippen LogP contribution in [0.5, 0.6) is 5.75 Å². The van der Waals surface area contributed by atoms with Gasteiger partial charge in [0.2, 0.25) is 11.9 Å². The Labute approximate surface area is 137 Å². The molecule has 0 aliphatic carbocycles. The minimum absolute atomic E-state index is 0.00482. The number of anilines is 2. The maximum Gasteiger partial charge on any atom is 0.229 e. The molecule has 0 fully saturated rings. The van der Waals surface area contributed by atoms with E-state index in [9.17, 15) is 0 Å². The fourth-order valence-corrected chi connectivity index (χ4v) is 2.18. The van der Waals surface area contributed by atoms with Crippen molar-refractivity contribution in [1.82, 2.24) is 19.9 Å². The van der Waals surface area contributed by atoms with Gasteiger partial charge in [-0.25, -0.2) is 0 Å². The van der Waals surface area contributed by atoms with Gasteiger partial charge in [-0.15, -0.1) is 0 Å². The van der Waals surface area contributed by atoms with Crippen molar-refractivity contribution in [3.63, 3.8) is 0 Å². The number of benzene rings is 1. The Hall–Kier alpha value is -2.41. The lowest BCUT2D eigenvalue weighted by molar-refractivity contribution is 0.243. The fourth-order valence-electron chi connectivity index (χ4n) is 2.18. The second-order valence-electron chi connectivity index (χ2n) is 5.69. The van der Waals surface area contributed by atoms with Gasteiger partial charge in [-0.3, -0.25) is 4.90 Å². The molecule has 2 rings (SSSR count). The molecule has 0 spiro atoms. The highest BCUT2D eigenvalue weighted by Crippen LogP contribution is 2.21. The first-order valence-electron chi connectivity index (χ1n) is 7.42. The monoisotopic (exact) mass is 316 g/mol. The van der Waals surface area contributed by atoms with Gasteiger partial charge in [0.05, 0.1) is 13.2 Å². The Balaban J connectivity index is 2.17. The van der Waals surface area contributed by atoms with Crippen molar-refractivity contribution < 1.29 is 4.74 Å². The van der Waals surface area contributed by atoms with Crippen molar-refractivity contribution in [2.75, 3.05) is 38.9 Å². The van der Waals surface area contributed by atoms with Gasteiger partial charge < -0.3 is 15.4 Å². The van der Waals surface area contributed by atoms with Gasteiger partial charge in [-0.05, 0) is 31.7 Å². The molecule has 0 aliphatic rings. The van der Waals surface area contributed by atoms with Crippen LogP contribution in [0.1, 0.15) is 24.4 Å². The van der Waals surface area contributed by atoms with Crippen molar-refractivity contribution >= 4 is 11.9 Å². The second-order valence-corrected chi connectivity index (χ2v) is 5.69. The summed E-state index contributed by atoms with van der Waals surface area (Å²) in [6, 6.07) is 8.01. The summed E-state index contributed by atoms with van der Waals surface area (Å²) < 4.78 is 5.27. The van der Waals surface area contributed by atoms with Gasteiger partial charge in [0.25, 0.3) is 0 Å². The molecule has 23 heavy (non-hydrogen) atoms. The first-order chi connectivity index (χ1) is 10.9. The van der Waals surface area contributed by atoms with Crippen molar-refractivity contribution in [2.45, 2.75) is 19.5 Å². The molecule has 1 aromatic carbocycles. The molecule has 0 aliphatic heterocycles. The Morgan fingerprint density at radius 2 is 1.91 bits per heavy atom. The molecule has 0 unspecified atom stereocenters. The van der Waals surface area contributed by atoms with E-state index in [2.05, 4.69) is 25.9 Å². The minimum Gasteiger partial charge on any atom is -0.497 e. The number of nitrogens with zero attached hydrogens (tertiary/aromatic N) is 5. The molecule has 0 radical (unpaired) electrons. The van der Waals surface area contributed by atoms with E-state index in [0.29, 0.717) is 11.8 Å². The molecule has 2 aromatic rings. The van der Waals surface area contributed by atoms with Crippen LogP contribution in [0.15, 0.2) is 24.3 Å². The number of ether oxygens (including phenoxy) is 1. The standard InChI is InChI=1S/C16H24N6O/c1-11(14-18-15(17)20-16(19-14)21(2)3)22(4)10-12-7-6-8-13(9-12)23-5/h6-9,11H,10H2,1-5H3,(H2,17,18,19,20)/t11-/m1/s1. The van der Waals surface area contributed by atoms with Crippen LogP contribution in [-0.4, -0.2) is 48.1 Å². The third kappa shape index (κ3) is 4.29. The van der Waals surface area contributed by atoms with Gasteiger partial charge in [-0.1, -0.05) is 12.1 Å². The molecule has 124 valence electrons. The molecule has 2 N–H and O–H groups in total. The molecule has 7 nitrogen and oxygen atoms in total. The molecule has 1 aromatic heterocycles. The molecule has 1 atom stereocenters. The highest BCUT2D eigenvalue weighted by atomic mass is 16.5. The van der Waals surface area contributed by atoms with Crippen LogP contribution < -0.4 is 15.4 Å². The average molecular weight is 316 g/mol. The average Bonchev–Trinajstić information content (AvgIpc) is 2.53. The lowest BCUT2D eigenvalue weighted by Crippen LogP contribution is -2.25. The number of hydrogen-bond donors (Lipinski definition) is 1. The van der Waals surface area contributed by atoms with Gasteiger partial charge >= 0.3 is 0 Å². The fraction of sp³-hybridized carbons (Fsp3) is 0.438. The predicted octanol–water partition coefficient (Wildman–Crippen LogP) is 1.72. The summed E-state index contributed by atoms with van der Waals surface area (Å²) >= 11 is 0. The summed E-state index contributed by atoms with van der Waals surface area (Å²) in [6.45, 7) is 2.80. The minimum atomic E-state index is 0.00482. The maximum atomic E-state index is 5.80. The van der Waals surface area contributed by atoms with Gasteiger partial charge in [0, 0.05) is 20.6 Å². The van der Waals surface area contributed by atoms with Gasteiger partial charge in [-0.2, -0.15) is 15.0 Å². The quantitative estimate of drug-likeness (QED) is 0.869. The Morgan fingerprint density at radius 3 is 2.57 bits per heavy atom. The summed E-state index contributed by atoms with van der Waals surface area (Å²) in [5.41, 5.74) is 6.96. The zero-order valence-corrected chi connectivity index (χ0v) is 14.3. The lowest BCUT2D eigenvalue weighted by atomic mass is 10.2. The van der Waals surface area contributed by atoms with Crippen LogP contribution in [0, 0.1) is 0 Å². The molecule has 7 heteroatoms. The normalized spacial score (nSPS) is 12.3. The number of methoxy groups -OCH3 is 1. The molecule has 0 amide bonds. The van der Waals surface area contributed by atoms with Crippen molar-refractivity contribution in [1.29, 1.82) is 0 Å². The summed E-state index contributed by atoms with van der Waals surface area (Å²) in [6.07, 6.45) is 0. The van der Waals surface area contributed by atoms with Gasteiger partial charge in [0.1, 0.15) is 5.75 Å². The van der Waals surface area contributed by atoms with Crippen LogP contribution in [-0.2, 0) is 6.54 Å². The van der Waals surface area contributed by atoms with Crippen molar-refractivity contribution in [3.05, 3.63) is 35.7 Å². The van der Waals surface area contributed by atoms with Crippen LogP contribution in [0.25, 0.3) is 0 Å². The summed E-state index contributed by atoms with van der Waals surface area (Å²) in [5, 5.41) is 0. The number of nitrogen functional groups attached to an aromatic ring is 1. The largest absolute Gasteiger partial charge is 0.497 e. The zero-order valence-electron chi connectivity index (χ0n) is 14.3. The van der Waals surface area contributed by atoms with Crippen LogP contribution in [0.3, 0.4) is 0 Å². The van der Waals surface area contributed by atoms with E-state index >= 15 is 0 Å². The second kappa shape index (κ2) is 7.23. The highest BCUT2D eigenvalue weighted by molar-refractivity contribution is 5.33. The smallest absolute Gasteiger partial charge is 0.229 e. The van der Waals surface area contributed by atoms with E-state index in [1.165, 1.54) is 0 Å². The van der Waals surface area contributed by atoms with Crippen LogP contribution >= 0.6 is 0 Å². The van der Waals surface area contributed by atoms with E-state index in [0.717, 1.165) is 17.9 Å². The molecule has 0 saturated heterocycles. The Bertz CT molecular complexity index is 661. The van der Waals surface area contributed by atoms with E-state index in [1.807, 2.05) is 51.2 Å². The van der Waals surface area contributed by atoms with Crippen LogP contribution in [0.2, 0.25) is 0 Å². The topological polar surface area (TPSA) is 80.4 Å². The first-order valence-corrected chi connectivity index (χ1v) is 7.42. The Morgan fingerprint density at radius 1 is 1.17 bits per heavy atom. The number of nitrogens with two attached hydrogens (primary N) is 1. The van der Waals surface area contributed by atoms with Crippen molar-refractivity contribution in [2.24, 2.45) is 0 Å². The number of hydrogen-bond acceptors (Lipinski definition) is 7. The molecule has 1 heterocycles. The molecular weight excluding hydrogens is 292 g/mol. The third-order valence-electron chi connectivity index (χ3n) is 3.66. The molecular formula is C16H24N6O. The summed E-state index contributed by atoms with van der Waals surface area (Å²) in [5.74, 6) is 2.31. The molecule has 0 bridgehead atoms. The zero-order chi connectivity index (χ0) is 17.0. The van der Waals surface area contributed by atoms with Gasteiger partial charge in [0.15, 0.2) is 5.82 Å². The molecule has 0 saturated carbocycles. The maximum absolute atomic E-state index is 5.80. The van der Waals surface area contributed by atoms with E-state index in [1.54, 1.807) is 7.11 Å². The highest BCUT2D eigenvalue weighted by Gasteiger charge is 2.17. The summed E-state index contributed by atoms with van der Waals surface area (Å²) in [4.78, 5) is 16.9. The Kier molecular flexibility index (Phi) is 5.33. The third-order valence-corrected chi connectivity index (χ3v) is 3.66. The SMILES string of the molecule is COc1cccc(CN(C)[C@H](C)c2nc(N)nc(N(C)C)n2)c1. The summed E-state index contributed by atoms with van der Waals surface area (Å²) in [7, 11) is 7.45. The first kappa shape index (κ1) is 17.0. The number of aromatic nitrogens is 3. The van der Waals surface area contributed by atoms with E-state index in [-0.39, 0.29) is 12.0 Å². The number of rotatable bonds is 6. The van der Waals surface area contributed by atoms with Crippen LogP contribution in [0.4, 0.5) is 11.9 Å². The predicted molar refractivity (Wildman–Crippen MR) is 91.4 cm³/mol.